The number of hydrogen-bond acceptors (Lipinski definition) is 5. The van der Waals surface area contributed by atoms with Gasteiger partial charge in [-0.25, -0.2) is 9.97 Å². The number of carbonyl (C=O) groups is 1. The van der Waals surface area contributed by atoms with E-state index in [2.05, 4.69) is 20.6 Å². The summed E-state index contributed by atoms with van der Waals surface area (Å²) < 4.78 is 0. The van der Waals surface area contributed by atoms with Crippen LogP contribution in [-0.2, 0) is 4.79 Å². The molecule has 0 saturated heterocycles. The van der Waals surface area contributed by atoms with Gasteiger partial charge in [0.25, 0.3) is 0 Å². The molecule has 0 aliphatic carbocycles. The van der Waals surface area contributed by atoms with E-state index in [4.69, 9.17) is 18.0 Å². The maximum absolute atomic E-state index is 11.5. The average molecular weight is 281 g/mol. The molecule has 0 spiro atoms. The normalized spacial score (nSPS) is 10.3. The number of anilines is 1. The molecular formula is C12H19N5OS. The summed E-state index contributed by atoms with van der Waals surface area (Å²) in [5, 5.41) is 5.65. The minimum Gasteiger partial charge on any atom is -0.388 e. The van der Waals surface area contributed by atoms with Crippen molar-refractivity contribution >= 4 is 29.1 Å². The molecule has 1 aromatic rings. The number of nitrogens with zero attached hydrogens (tertiary/aromatic N) is 2. The summed E-state index contributed by atoms with van der Waals surface area (Å²) in [4.78, 5) is 20.0. The molecule has 1 rings (SSSR count). The van der Waals surface area contributed by atoms with E-state index in [1.807, 2.05) is 20.8 Å². The minimum absolute atomic E-state index is 0.101. The van der Waals surface area contributed by atoms with Gasteiger partial charge >= 0.3 is 0 Å². The number of rotatable bonds is 6. The highest BCUT2D eigenvalue weighted by Crippen LogP contribution is 2.04. The van der Waals surface area contributed by atoms with Gasteiger partial charge in [-0.2, -0.15) is 0 Å². The van der Waals surface area contributed by atoms with Gasteiger partial charge in [0.1, 0.15) is 10.7 Å². The van der Waals surface area contributed by atoms with Crippen molar-refractivity contribution in [1.82, 2.24) is 15.3 Å². The average Bonchev–Trinajstić information content (AvgIpc) is 2.33. The monoisotopic (exact) mass is 281 g/mol. The van der Waals surface area contributed by atoms with Crippen LogP contribution in [0.4, 0.5) is 5.95 Å². The second kappa shape index (κ2) is 6.98. The molecule has 0 radical (unpaired) electrons. The Hall–Kier alpha value is -1.76. The van der Waals surface area contributed by atoms with E-state index in [-0.39, 0.29) is 17.4 Å². The molecule has 19 heavy (non-hydrogen) atoms. The first-order valence-electron chi connectivity index (χ1n) is 6.04. The highest BCUT2D eigenvalue weighted by molar-refractivity contribution is 7.80. The third kappa shape index (κ3) is 5.60. The van der Waals surface area contributed by atoms with Crippen molar-refractivity contribution < 1.29 is 4.79 Å². The SMILES string of the molecule is Cc1cc(C(N)=S)nc(NCC(=O)NCC(C)C)n1. The number of thiocarbonyl (C=S) groups is 1. The molecule has 0 unspecified atom stereocenters. The second-order valence-corrected chi connectivity index (χ2v) is 5.07. The van der Waals surface area contributed by atoms with E-state index >= 15 is 0 Å². The molecule has 104 valence electrons. The molecule has 1 aromatic heterocycles. The van der Waals surface area contributed by atoms with Gasteiger partial charge in [0, 0.05) is 12.2 Å². The van der Waals surface area contributed by atoms with Crippen LogP contribution in [0.15, 0.2) is 6.07 Å². The van der Waals surface area contributed by atoms with E-state index in [1.165, 1.54) is 0 Å². The van der Waals surface area contributed by atoms with Crippen LogP contribution in [0.2, 0.25) is 0 Å². The number of aryl methyl sites for hydroxylation is 1. The Morgan fingerprint density at radius 3 is 2.74 bits per heavy atom. The zero-order chi connectivity index (χ0) is 14.4. The van der Waals surface area contributed by atoms with Crippen molar-refractivity contribution in [2.45, 2.75) is 20.8 Å². The Labute approximate surface area is 118 Å². The van der Waals surface area contributed by atoms with Crippen molar-refractivity contribution in [3.05, 3.63) is 17.5 Å². The van der Waals surface area contributed by atoms with Crippen LogP contribution in [0, 0.1) is 12.8 Å². The molecule has 0 aliphatic rings. The smallest absolute Gasteiger partial charge is 0.239 e. The number of aromatic nitrogens is 2. The van der Waals surface area contributed by atoms with E-state index in [1.54, 1.807) is 6.07 Å². The Morgan fingerprint density at radius 2 is 2.16 bits per heavy atom. The predicted molar refractivity (Wildman–Crippen MR) is 79.0 cm³/mol. The Bertz CT molecular complexity index is 475. The van der Waals surface area contributed by atoms with Gasteiger partial charge in [-0.3, -0.25) is 4.79 Å². The fourth-order valence-electron chi connectivity index (χ4n) is 1.31. The first-order chi connectivity index (χ1) is 8.88. The number of amides is 1. The second-order valence-electron chi connectivity index (χ2n) is 4.63. The van der Waals surface area contributed by atoms with Crippen LogP contribution in [0.25, 0.3) is 0 Å². The lowest BCUT2D eigenvalue weighted by Gasteiger charge is -2.09. The lowest BCUT2D eigenvalue weighted by molar-refractivity contribution is -0.119. The van der Waals surface area contributed by atoms with Gasteiger partial charge in [0.2, 0.25) is 11.9 Å². The van der Waals surface area contributed by atoms with Crippen molar-refractivity contribution in [2.24, 2.45) is 11.7 Å². The van der Waals surface area contributed by atoms with Crippen molar-refractivity contribution in [3.63, 3.8) is 0 Å². The van der Waals surface area contributed by atoms with Crippen LogP contribution in [-0.4, -0.2) is 34.0 Å². The zero-order valence-electron chi connectivity index (χ0n) is 11.4. The third-order valence-corrected chi connectivity index (χ3v) is 2.43. The molecule has 0 bridgehead atoms. The molecule has 7 heteroatoms. The Morgan fingerprint density at radius 1 is 1.47 bits per heavy atom. The van der Waals surface area contributed by atoms with Crippen LogP contribution in [0.5, 0.6) is 0 Å². The Kier molecular flexibility index (Phi) is 5.62. The van der Waals surface area contributed by atoms with Gasteiger partial charge in [0.15, 0.2) is 0 Å². The van der Waals surface area contributed by atoms with Gasteiger partial charge in [-0.1, -0.05) is 26.1 Å². The summed E-state index contributed by atoms with van der Waals surface area (Å²) in [7, 11) is 0. The number of nitrogens with one attached hydrogen (secondary N) is 2. The Balaban J connectivity index is 2.58. The van der Waals surface area contributed by atoms with Crippen molar-refractivity contribution in [3.8, 4) is 0 Å². The molecule has 6 nitrogen and oxygen atoms in total. The van der Waals surface area contributed by atoms with Gasteiger partial charge in [-0.15, -0.1) is 0 Å². The van der Waals surface area contributed by atoms with Gasteiger partial charge < -0.3 is 16.4 Å². The highest BCUT2D eigenvalue weighted by atomic mass is 32.1. The molecule has 0 fully saturated rings. The topological polar surface area (TPSA) is 92.9 Å². The maximum atomic E-state index is 11.5. The van der Waals surface area contributed by atoms with Crippen molar-refractivity contribution in [1.29, 1.82) is 0 Å². The third-order valence-electron chi connectivity index (χ3n) is 2.22. The van der Waals surface area contributed by atoms with Crippen LogP contribution >= 0.6 is 12.2 Å². The summed E-state index contributed by atoms with van der Waals surface area (Å²) in [5.74, 6) is 0.665. The molecule has 1 amide bonds. The molecule has 4 N–H and O–H groups in total. The minimum atomic E-state index is -0.101. The number of hydrogen-bond donors (Lipinski definition) is 3. The summed E-state index contributed by atoms with van der Waals surface area (Å²) in [6.45, 7) is 6.64. The highest BCUT2D eigenvalue weighted by Gasteiger charge is 2.06. The summed E-state index contributed by atoms with van der Waals surface area (Å²) in [6, 6.07) is 1.70. The molecule has 0 aromatic carbocycles. The summed E-state index contributed by atoms with van der Waals surface area (Å²) in [5.41, 5.74) is 6.75. The molecular weight excluding hydrogens is 262 g/mol. The summed E-state index contributed by atoms with van der Waals surface area (Å²) in [6.07, 6.45) is 0. The largest absolute Gasteiger partial charge is 0.388 e. The lowest BCUT2D eigenvalue weighted by atomic mass is 10.2. The molecule has 0 atom stereocenters. The van der Waals surface area contributed by atoms with Gasteiger partial charge in [0.05, 0.1) is 6.54 Å². The standard InChI is InChI=1S/C12H19N5OS/c1-7(2)5-14-10(18)6-15-12-16-8(3)4-9(17-12)11(13)19/h4,7H,5-6H2,1-3H3,(H2,13,19)(H,14,18)(H,15,16,17). The van der Waals surface area contributed by atoms with E-state index in [9.17, 15) is 4.79 Å². The molecule has 0 aliphatic heterocycles. The fourth-order valence-corrected chi connectivity index (χ4v) is 1.42. The first kappa shape index (κ1) is 15.3. The lowest BCUT2D eigenvalue weighted by Crippen LogP contribution is -2.33. The molecule has 1 heterocycles. The van der Waals surface area contributed by atoms with Crippen LogP contribution in [0.3, 0.4) is 0 Å². The van der Waals surface area contributed by atoms with Crippen LogP contribution in [0.1, 0.15) is 25.2 Å². The predicted octanol–water partition coefficient (Wildman–Crippen LogP) is 0.603. The maximum Gasteiger partial charge on any atom is 0.239 e. The number of carbonyl (C=O) groups excluding carboxylic acids is 1. The molecule has 0 saturated carbocycles. The quantitative estimate of drug-likeness (QED) is 0.661. The van der Waals surface area contributed by atoms with Gasteiger partial charge in [-0.05, 0) is 18.9 Å². The first-order valence-corrected chi connectivity index (χ1v) is 6.45. The van der Waals surface area contributed by atoms with E-state index in [0.717, 1.165) is 5.69 Å². The number of nitrogens with two attached hydrogens (primary N) is 1. The van der Waals surface area contributed by atoms with E-state index in [0.29, 0.717) is 24.1 Å². The van der Waals surface area contributed by atoms with Crippen molar-refractivity contribution in [2.75, 3.05) is 18.4 Å². The fraction of sp³-hybridized carbons (Fsp3) is 0.500. The summed E-state index contributed by atoms with van der Waals surface area (Å²) >= 11 is 4.87. The van der Waals surface area contributed by atoms with E-state index < -0.39 is 0 Å². The van der Waals surface area contributed by atoms with Crippen LogP contribution < -0.4 is 16.4 Å². The zero-order valence-corrected chi connectivity index (χ0v) is 12.2.